The zero-order chi connectivity index (χ0) is 16.0. The van der Waals surface area contributed by atoms with Gasteiger partial charge in [0.05, 0.1) is 5.56 Å². The van der Waals surface area contributed by atoms with Crippen molar-refractivity contribution in [3.8, 4) is 5.88 Å². The predicted octanol–water partition coefficient (Wildman–Crippen LogP) is 3.99. The lowest BCUT2D eigenvalue weighted by atomic mass is 10.0. The van der Waals surface area contributed by atoms with Gasteiger partial charge in [-0.3, -0.25) is 0 Å². The van der Waals surface area contributed by atoms with Gasteiger partial charge in [0, 0.05) is 18.3 Å². The average molecular weight is 304 g/mol. The lowest BCUT2D eigenvalue weighted by Crippen LogP contribution is -2.43. The largest absolute Gasteiger partial charge is 0.473 e. The zero-order valence-electron chi connectivity index (χ0n) is 12.9. The molecule has 21 heavy (non-hydrogen) atoms. The van der Waals surface area contributed by atoms with E-state index in [1.807, 2.05) is 14.0 Å². The van der Waals surface area contributed by atoms with E-state index in [0.29, 0.717) is 0 Å². The molecule has 1 heterocycles. The van der Waals surface area contributed by atoms with Gasteiger partial charge in [0.1, 0.15) is 6.10 Å². The third kappa shape index (κ3) is 4.88. The normalized spacial score (nSPS) is 15.0. The van der Waals surface area contributed by atoms with Gasteiger partial charge in [-0.15, -0.1) is 0 Å². The lowest BCUT2D eigenvalue weighted by Gasteiger charge is -2.32. The van der Waals surface area contributed by atoms with Crippen molar-refractivity contribution in [1.29, 1.82) is 0 Å². The highest BCUT2D eigenvalue weighted by Gasteiger charge is 2.31. The number of halogens is 3. The fourth-order valence-electron chi connectivity index (χ4n) is 2.30. The summed E-state index contributed by atoms with van der Waals surface area (Å²) < 4.78 is 43.3. The van der Waals surface area contributed by atoms with E-state index in [4.69, 9.17) is 4.74 Å². The van der Waals surface area contributed by atoms with Crippen molar-refractivity contribution in [2.75, 3.05) is 13.6 Å². The number of nitrogens with zero attached hydrogens (tertiary/aromatic N) is 2. The fraction of sp³-hybridized carbons (Fsp3) is 0.667. The minimum atomic E-state index is -4.37. The highest BCUT2D eigenvalue weighted by molar-refractivity contribution is 5.20. The lowest BCUT2D eigenvalue weighted by molar-refractivity contribution is -0.137. The van der Waals surface area contributed by atoms with Crippen molar-refractivity contribution >= 4 is 0 Å². The number of hydrogen-bond donors (Lipinski definition) is 0. The molecule has 0 N–H and O–H groups in total. The second kappa shape index (κ2) is 7.64. The Morgan fingerprint density at radius 2 is 1.86 bits per heavy atom. The molecule has 0 aliphatic rings. The van der Waals surface area contributed by atoms with Gasteiger partial charge < -0.3 is 9.64 Å². The van der Waals surface area contributed by atoms with Gasteiger partial charge in [-0.2, -0.15) is 13.2 Å². The van der Waals surface area contributed by atoms with Crippen LogP contribution >= 0.6 is 0 Å². The third-order valence-corrected chi connectivity index (χ3v) is 3.65. The van der Waals surface area contributed by atoms with E-state index in [2.05, 4.69) is 23.7 Å². The van der Waals surface area contributed by atoms with Gasteiger partial charge in [0.25, 0.3) is 0 Å². The Bertz CT molecular complexity index is 420. The van der Waals surface area contributed by atoms with Crippen molar-refractivity contribution < 1.29 is 17.9 Å². The molecular formula is C15H23F3N2O. The Labute approximate surface area is 124 Å². The summed E-state index contributed by atoms with van der Waals surface area (Å²) in [5, 5.41) is 0. The Balaban J connectivity index is 2.81. The van der Waals surface area contributed by atoms with Crippen molar-refractivity contribution in [1.82, 2.24) is 9.88 Å². The Kier molecular flexibility index (Phi) is 6.45. The molecule has 0 bridgehead atoms. The number of pyridine rings is 1. The van der Waals surface area contributed by atoms with E-state index >= 15 is 0 Å². The van der Waals surface area contributed by atoms with Crippen LogP contribution in [0.15, 0.2) is 18.3 Å². The molecule has 1 aromatic rings. The second-order valence-electron chi connectivity index (χ2n) is 5.00. The van der Waals surface area contributed by atoms with Crippen LogP contribution in [-0.4, -0.2) is 35.6 Å². The second-order valence-corrected chi connectivity index (χ2v) is 5.00. The molecule has 0 saturated carbocycles. The number of alkyl halides is 3. The van der Waals surface area contributed by atoms with Crippen LogP contribution in [0.2, 0.25) is 0 Å². The molecule has 120 valence electrons. The average Bonchev–Trinajstić information content (AvgIpc) is 2.46. The molecule has 3 nitrogen and oxygen atoms in total. The van der Waals surface area contributed by atoms with Crippen molar-refractivity contribution in [3.63, 3.8) is 0 Å². The molecule has 1 rings (SSSR count). The predicted molar refractivity (Wildman–Crippen MR) is 76.3 cm³/mol. The molecule has 0 radical (unpaired) electrons. The quantitative estimate of drug-likeness (QED) is 0.761. The Morgan fingerprint density at radius 3 is 2.24 bits per heavy atom. The maximum Gasteiger partial charge on any atom is 0.417 e. The highest BCUT2D eigenvalue weighted by Crippen LogP contribution is 2.29. The molecule has 6 heteroatoms. The minimum Gasteiger partial charge on any atom is -0.473 e. The van der Waals surface area contributed by atoms with E-state index in [1.165, 1.54) is 6.07 Å². The van der Waals surface area contributed by atoms with Crippen LogP contribution in [0, 0.1) is 0 Å². The van der Waals surface area contributed by atoms with E-state index in [1.54, 1.807) is 0 Å². The first kappa shape index (κ1) is 17.8. The minimum absolute atomic E-state index is 0.0933. The molecule has 2 unspecified atom stereocenters. The molecule has 0 aromatic carbocycles. The molecule has 1 aromatic heterocycles. The highest BCUT2D eigenvalue weighted by atomic mass is 19.4. The molecule has 2 atom stereocenters. The van der Waals surface area contributed by atoms with Gasteiger partial charge in [-0.25, -0.2) is 4.98 Å². The standard InChI is InChI=1S/C15H23F3N2O/c1-5-12(20(4)7-3)13(6-2)21-14-9-8-11(10-19-14)15(16,17)18/h8-10,12-13H,5-7H2,1-4H3. The fourth-order valence-corrected chi connectivity index (χ4v) is 2.30. The van der Waals surface area contributed by atoms with E-state index < -0.39 is 11.7 Å². The monoisotopic (exact) mass is 304 g/mol. The van der Waals surface area contributed by atoms with Gasteiger partial charge in [0.2, 0.25) is 5.88 Å². The van der Waals surface area contributed by atoms with Gasteiger partial charge in [-0.1, -0.05) is 20.8 Å². The smallest absolute Gasteiger partial charge is 0.417 e. The number of hydrogen-bond acceptors (Lipinski definition) is 3. The molecular weight excluding hydrogens is 281 g/mol. The molecule has 0 fully saturated rings. The van der Waals surface area contributed by atoms with Gasteiger partial charge >= 0.3 is 6.18 Å². The van der Waals surface area contributed by atoms with Crippen LogP contribution < -0.4 is 4.74 Å². The molecule has 0 amide bonds. The summed E-state index contributed by atoms with van der Waals surface area (Å²) >= 11 is 0. The van der Waals surface area contributed by atoms with Crippen LogP contribution in [0.3, 0.4) is 0 Å². The number of likely N-dealkylation sites (N-methyl/N-ethyl adjacent to an activating group) is 1. The van der Waals surface area contributed by atoms with E-state index in [-0.39, 0.29) is 18.0 Å². The van der Waals surface area contributed by atoms with Gasteiger partial charge in [0.15, 0.2) is 0 Å². The first-order chi connectivity index (χ1) is 9.83. The van der Waals surface area contributed by atoms with Crippen molar-refractivity contribution in [2.24, 2.45) is 0 Å². The Hall–Kier alpha value is -1.30. The molecule has 0 aliphatic heterocycles. The van der Waals surface area contributed by atoms with E-state index in [0.717, 1.165) is 31.6 Å². The van der Waals surface area contributed by atoms with Crippen LogP contribution in [0.1, 0.15) is 39.2 Å². The molecule has 0 aliphatic carbocycles. The Morgan fingerprint density at radius 1 is 1.19 bits per heavy atom. The van der Waals surface area contributed by atoms with Gasteiger partial charge in [-0.05, 0) is 32.5 Å². The maximum absolute atomic E-state index is 12.5. The van der Waals surface area contributed by atoms with Crippen LogP contribution in [-0.2, 0) is 6.18 Å². The number of rotatable bonds is 7. The topological polar surface area (TPSA) is 25.4 Å². The number of aromatic nitrogens is 1. The van der Waals surface area contributed by atoms with E-state index in [9.17, 15) is 13.2 Å². The summed E-state index contributed by atoms with van der Waals surface area (Å²) in [4.78, 5) is 5.95. The number of ether oxygens (including phenoxy) is 1. The first-order valence-corrected chi connectivity index (χ1v) is 7.23. The van der Waals surface area contributed by atoms with Crippen LogP contribution in [0.4, 0.5) is 13.2 Å². The maximum atomic E-state index is 12.5. The summed E-state index contributed by atoms with van der Waals surface area (Å²) in [6.07, 6.45) is -1.98. The molecule has 0 saturated heterocycles. The SMILES string of the molecule is CCC(Oc1ccc(C(F)(F)F)cn1)C(CC)N(C)CC. The third-order valence-electron chi connectivity index (χ3n) is 3.65. The summed E-state index contributed by atoms with van der Waals surface area (Å²) in [5.41, 5.74) is -0.763. The van der Waals surface area contributed by atoms with Crippen LogP contribution in [0.5, 0.6) is 5.88 Å². The van der Waals surface area contributed by atoms with Crippen LogP contribution in [0.25, 0.3) is 0 Å². The van der Waals surface area contributed by atoms with Crippen molar-refractivity contribution in [2.45, 2.75) is 51.9 Å². The first-order valence-electron chi connectivity index (χ1n) is 7.23. The summed E-state index contributed by atoms with van der Waals surface area (Å²) in [5.74, 6) is 0.234. The molecule has 0 spiro atoms. The summed E-state index contributed by atoms with van der Waals surface area (Å²) in [6, 6.07) is 2.49. The summed E-state index contributed by atoms with van der Waals surface area (Å²) in [7, 11) is 2.01. The summed E-state index contributed by atoms with van der Waals surface area (Å²) in [6.45, 7) is 7.02. The zero-order valence-corrected chi connectivity index (χ0v) is 12.9. The van der Waals surface area contributed by atoms with Crippen molar-refractivity contribution in [3.05, 3.63) is 23.9 Å².